The highest BCUT2D eigenvalue weighted by molar-refractivity contribution is 6.31. The Kier molecular flexibility index (Phi) is 4.07. The van der Waals surface area contributed by atoms with Gasteiger partial charge in [-0.2, -0.15) is 5.26 Å². The molecule has 0 aliphatic heterocycles. The first-order valence-corrected chi connectivity index (χ1v) is 4.82. The predicted molar refractivity (Wildman–Crippen MR) is 57.0 cm³/mol. The van der Waals surface area contributed by atoms with E-state index in [0.29, 0.717) is 0 Å². The van der Waals surface area contributed by atoms with E-state index in [-0.39, 0.29) is 22.7 Å². The number of nitrogen functional groups attached to an aromatic ring is 1. The molecule has 2 unspecified atom stereocenters. The first kappa shape index (κ1) is 12.7. The van der Waals surface area contributed by atoms with E-state index in [1.807, 2.05) is 0 Å². The zero-order valence-corrected chi connectivity index (χ0v) is 8.95. The number of aliphatic hydroxyl groups is 2. The van der Waals surface area contributed by atoms with Gasteiger partial charge < -0.3 is 15.9 Å². The normalized spacial score (nSPS) is 14.2. The molecule has 0 spiro atoms. The molecule has 0 saturated heterocycles. The largest absolute Gasteiger partial charge is 0.396 e. The van der Waals surface area contributed by atoms with Crippen LogP contribution in [0.3, 0.4) is 0 Å². The van der Waals surface area contributed by atoms with Gasteiger partial charge >= 0.3 is 0 Å². The molecular formula is C10H10ClFN2O2. The summed E-state index contributed by atoms with van der Waals surface area (Å²) in [5.41, 5.74) is 5.14. The molecule has 0 radical (unpaired) electrons. The van der Waals surface area contributed by atoms with Crippen LogP contribution < -0.4 is 5.73 Å². The van der Waals surface area contributed by atoms with Gasteiger partial charge in [0.25, 0.3) is 0 Å². The van der Waals surface area contributed by atoms with Crippen molar-refractivity contribution in [3.8, 4) is 6.07 Å². The van der Waals surface area contributed by atoms with Crippen molar-refractivity contribution in [1.82, 2.24) is 0 Å². The maximum absolute atomic E-state index is 13.1. The Labute approximate surface area is 96.7 Å². The fraction of sp³-hybridized carbons (Fsp3) is 0.300. The molecule has 1 rings (SSSR count). The van der Waals surface area contributed by atoms with Crippen molar-refractivity contribution < 1.29 is 14.6 Å². The summed E-state index contributed by atoms with van der Waals surface area (Å²) >= 11 is 5.74. The minimum Gasteiger partial charge on any atom is -0.396 e. The third-order valence-electron chi connectivity index (χ3n) is 2.10. The molecule has 0 aliphatic carbocycles. The maximum Gasteiger partial charge on any atom is 0.146 e. The van der Waals surface area contributed by atoms with Crippen LogP contribution in [0.2, 0.25) is 5.02 Å². The molecule has 0 aliphatic rings. The van der Waals surface area contributed by atoms with Crippen LogP contribution in [0.4, 0.5) is 10.1 Å². The van der Waals surface area contributed by atoms with E-state index >= 15 is 0 Å². The number of anilines is 1. The first-order valence-electron chi connectivity index (χ1n) is 4.45. The van der Waals surface area contributed by atoms with Crippen LogP contribution in [0, 0.1) is 17.1 Å². The van der Waals surface area contributed by atoms with E-state index < -0.39 is 18.0 Å². The molecule has 0 aromatic heterocycles. The SMILES string of the molecule is N#CCC(O)C(O)c1cc(F)c(N)cc1Cl. The number of rotatable bonds is 3. The van der Waals surface area contributed by atoms with Crippen molar-refractivity contribution >= 4 is 17.3 Å². The number of hydrogen-bond acceptors (Lipinski definition) is 4. The van der Waals surface area contributed by atoms with Gasteiger partial charge in [0.05, 0.1) is 24.3 Å². The second-order valence-electron chi connectivity index (χ2n) is 3.27. The number of nitrogens with zero attached hydrogens (tertiary/aromatic N) is 1. The number of nitriles is 1. The van der Waals surface area contributed by atoms with Crippen LogP contribution in [0.15, 0.2) is 12.1 Å². The van der Waals surface area contributed by atoms with Gasteiger partial charge in [-0.05, 0) is 12.1 Å². The molecule has 1 aromatic rings. The van der Waals surface area contributed by atoms with Crippen LogP contribution in [0.1, 0.15) is 18.1 Å². The molecule has 0 amide bonds. The number of benzene rings is 1. The van der Waals surface area contributed by atoms with Gasteiger partial charge in [-0.25, -0.2) is 4.39 Å². The Bertz CT molecular complexity index is 434. The van der Waals surface area contributed by atoms with Gasteiger partial charge in [0.2, 0.25) is 0 Å². The molecule has 0 fully saturated rings. The lowest BCUT2D eigenvalue weighted by Gasteiger charge is -2.17. The molecule has 2 atom stereocenters. The Balaban J connectivity index is 3.04. The summed E-state index contributed by atoms with van der Waals surface area (Å²) in [6.45, 7) is 0. The smallest absolute Gasteiger partial charge is 0.146 e. The molecule has 0 heterocycles. The van der Waals surface area contributed by atoms with Crippen LogP contribution in [0.5, 0.6) is 0 Å². The zero-order chi connectivity index (χ0) is 12.3. The lowest BCUT2D eigenvalue weighted by molar-refractivity contribution is 0.0215. The highest BCUT2D eigenvalue weighted by atomic mass is 35.5. The molecular weight excluding hydrogens is 235 g/mol. The molecule has 86 valence electrons. The third-order valence-corrected chi connectivity index (χ3v) is 2.43. The maximum atomic E-state index is 13.1. The highest BCUT2D eigenvalue weighted by Gasteiger charge is 2.21. The zero-order valence-electron chi connectivity index (χ0n) is 8.19. The molecule has 16 heavy (non-hydrogen) atoms. The lowest BCUT2D eigenvalue weighted by atomic mass is 10.0. The van der Waals surface area contributed by atoms with E-state index in [0.717, 1.165) is 12.1 Å². The van der Waals surface area contributed by atoms with Crippen LogP contribution >= 0.6 is 11.6 Å². The van der Waals surface area contributed by atoms with Gasteiger partial charge in [-0.3, -0.25) is 0 Å². The van der Waals surface area contributed by atoms with E-state index in [1.54, 1.807) is 6.07 Å². The summed E-state index contributed by atoms with van der Waals surface area (Å²) in [5.74, 6) is -0.734. The van der Waals surface area contributed by atoms with Crippen molar-refractivity contribution in [2.45, 2.75) is 18.6 Å². The van der Waals surface area contributed by atoms with E-state index in [2.05, 4.69) is 0 Å². The van der Waals surface area contributed by atoms with Gasteiger partial charge in [0.15, 0.2) is 0 Å². The number of nitrogens with two attached hydrogens (primary N) is 1. The van der Waals surface area contributed by atoms with Crippen molar-refractivity contribution in [2.24, 2.45) is 0 Å². The van der Waals surface area contributed by atoms with Gasteiger partial charge in [0, 0.05) is 10.6 Å². The molecule has 4 nitrogen and oxygen atoms in total. The number of halogens is 2. The standard InChI is InChI=1S/C10H10ClFN2O2/c11-6-4-8(14)7(12)3-5(6)10(16)9(15)1-2-13/h3-4,9-10,15-16H,1,14H2. The number of hydrogen-bond donors (Lipinski definition) is 3. The lowest BCUT2D eigenvalue weighted by Crippen LogP contribution is -2.18. The predicted octanol–water partition coefficient (Wildman–Crippen LogP) is 1.37. The van der Waals surface area contributed by atoms with Crippen LogP contribution in [-0.4, -0.2) is 16.3 Å². The molecule has 4 N–H and O–H groups in total. The van der Waals surface area contributed by atoms with Crippen molar-refractivity contribution in [3.63, 3.8) is 0 Å². The van der Waals surface area contributed by atoms with Crippen LogP contribution in [0.25, 0.3) is 0 Å². The van der Waals surface area contributed by atoms with Gasteiger partial charge in [-0.1, -0.05) is 11.6 Å². The second kappa shape index (κ2) is 5.12. The molecule has 1 aromatic carbocycles. The second-order valence-corrected chi connectivity index (χ2v) is 3.68. The average Bonchev–Trinajstić information content (AvgIpc) is 2.23. The Morgan fingerprint density at radius 2 is 2.12 bits per heavy atom. The third kappa shape index (κ3) is 2.61. The fourth-order valence-corrected chi connectivity index (χ4v) is 1.50. The average molecular weight is 245 g/mol. The summed E-state index contributed by atoms with van der Waals surface area (Å²) in [4.78, 5) is 0. The van der Waals surface area contributed by atoms with Crippen molar-refractivity contribution in [2.75, 3.05) is 5.73 Å². The quantitative estimate of drug-likeness (QED) is 0.701. The number of aliphatic hydroxyl groups excluding tert-OH is 2. The van der Waals surface area contributed by atoms with E-state index in [9.17, 15) is 14.6 Å². The van der Waals surface area contributed by atoms with E-state index in [4.69, 9.17) is 22.6 Å². The van der Waals surface area contributed by atoms with Crippen molar-refractivity contribution in [1.29, 1.82) is 5.26 Å². The summed E-state index contributed by atoms with van der Waals surface area (Å²) in [6, 6.07) is 3.79. The molecule has 0 saturated carbocycles. The summed E-state index contributed by atoms with van der Waals surface area (Å²) in [5, 5.41) is 27.4. The molecule has 6 heteroatoms. The monoisotopic (exact) mass is 244 g/mol. The minimum absolute atomic E-state index is 0.0103. The van der Waals surface area contributed by atoms with E-state index in [1.165, 1.54) is 0 Å². The van der Waals surface area contributed by atoms with Crippen molar-refractivity contribution in [3.05, 3.63) is 28.5 Å². The molecule has 0 bridgehead atoms. The Hall–Kier alpha value is -1.35. The first-order chi connectivity index (χ1) is 7.47. The highest BCUT2D eigenvalue weighted by Crippen LogP contribution is 2.29. The van der Waals surface area contributed by atoms with Gasteiger partial charge in [-0.15, -0.1) is 0 Å². The Morgan fingerprint density at radius 1 is 1.50 bits per heavy atom. The Morgan fingerprint density at radius 3 is 2.69 bits per heavy atom. The topological polar surface area (TPSA) is 90.3 Å². The fourth-order valence-electron chi connectivity index (χ4n) is 1.22. The minimum atomic E-state index is -1.41. The summed E-state index contributed by atoms with van der Waals surface area (Å²) in [7, 11) is 0. The van der Waals surface area contributed by atoms with Gasteiger partial charge in [0.1, 0.15) is 11.9 Å². The summed E-state index contributed by atoms with van der Waals surface area (Å²) < 4.78 is 13.1. The van der Waals surface area contributed by atoms with Crippen LogP contribution in [-0.2, 0) is 0 Å². The summed E-state index contributed by atoms with van der Waals surface area (Å²) in [6.07, 6.45) is -3.00.